The van der Waals surface area contributed by atoms with Crippen molar-refractivity contribution in [2.75, 3.05) is 19.7 Å². The van der Waals surface area contributed by atoms with E-state index >= 15 is 0 Å². The second-order valence-electron chi connectivity index (χ2n) is 6.32. The third-order valence-corrected chi connectivity index (χ3v) is 5.69. The fourth-order valence-corrected chi connectivity index (χ4v) is 4.42. The van der Waals surface area contributed by atoms with Crippen molar-refractivity contribution in [3.05, 3.63) is 40.7 Å². The van der Waals surface area contributed by atoms with Crippen LogP contribution in [0.3, 0.4) is 0 Å². The van der Waals surface area contributed by atoms with Gasteiger partial charge in [-0.05, 0) is 25.0 Å². The van der Waals surface area contributed by atoms with Gasteiger partial charge in [-0.15, -0.1) is 11.3 Å². The minimum Gasteiger partial charge on any atom is -0.459 e. The third kappa shape index (κ3) is 3.24. The highest BCUT2D eigenvalue weighted by Gasteiger charge is 2.42. The molecule has 128 valence electrons. The maximum atomic E-state index is 12.0. The number of furan rings is 1. The summed E-state index contributed by atoms with van der Waals surface area (Å²) in [7, 11) is 0. The molecule has 3 heterocycles. The molecule has 2 fully saturated rings. The van der Waals surface area contributed by atoms with Gasteiger partial charge in [-0.1, -0.05) is 0 Å². The highest BCUT2D eigenvalue weighted by atomic mass is 32.1. The van der Waals surface area contributed by atoms with Gasteiger partial charge in [0.2, 0.25) is 0 Å². The van der Waals surface area contributed by atoms with Crippen LogP contribution in [-0.2, 0) is 11.3 Å². The Bertz CT molecular complexity index is 659. The first-order chi connectivity index (χ1) is 11.8. The molecule has 2 aromatic rings. The van der Waals surface area contributed by atoms with Crippen LogP contribution in [0.4, 0.5) is 0 Å². The molecule has 2 aromatic heterocycles. The fraction of sp³-hybridized carbons (Fsp3) is 0.529. The summed E-state index contributed by atoms with van der Waals surface area (Å²) in [6, 6.07) is 3.83. The molecule has 1 saturated carbocycles. The number of aromatic nitrogens is 1. The zero-order chi connectivity index (χ0) is 16.4. The number of thiazole rings is 1. The monoisotopic (exact) mass is 347 g/mol. The van der Waals surface area contributed by atoms with Crippen LogP contribution in [0, 0.1) is 5.92 Å². The number of nitrogens with one attached hydrogen (secondary N) is 1. The van der Waals surface area contributed by atoms with Gasteiger partial charge in [0, 0.05) is 36.6 Å². The number of fused-ring (bicyclic) bond motifs is 1. The Morgan fingerprint density at radius 3 is 3.21 bits per heavy atom. The van der Waals surface area contributed by atoms with Gasteiger partial charge >= 0.3 is 0 Å². The quantitative estimate of drug-likeness (QED) is 0.898. The Morgan fingerprint density at radius 1 is 1.46 bits per heavy atom. The first-order valence-electron chi connectivity index (χ1n) is 8.37. The van der Waals surface area contributed by atoms with Crippen LogP contribution in [0.5, 0.6) is 0 Å². The molecule has 1 N–H and O–H groups in total. The van der Waals surface area contributed by atoms with Crippen LogP contribution in [0.2, 0.25) is 0 Å². The Hall–Kier alpha value is -1.70. The lowest BCUT2D eigenvalue weighted by molar-refractivity contribution is -0.0757. The Kier molecular flexibility index (Phi) is 4.64. The molecule has 1 aliphatic carbocycles. The summed E-state index contributed by atoms with van der Waals surface area (Å²) in [5.41, 5.74) is 0. The highest BCUT2D eigenvalue weighted by molar-refractivity contribution is 7.09. The molecule has 1 aliphatic heterocycles. The van der Waals surface area contributed by atoms with Crippen molar-refractivity contribution in [1.29, 1.82) is 0 Å². The van der Waals surface area contributed by atoms with Gasteiger partial charge in [-0.3, -0.25) is 9.69 Å². The lowest BCUT2D eigenvalue weighted by atomic mass is 10.0. The van der Waals surface area contributed by atoms with Crippen LogP contribution < -0.4 is 5.32 Å². The molecule has 4 rings (SSSR count). The van der Waals surface area contributed by atoms with Crippen LogP contribution in [0.1, 0.15) is 28.4 Å². The van der Waals surface area contributed by atoms with Crippen molar-refractivity contribution >= 4 is 17.2 Å². The highest BCUT2D eigenvalue weighted by Crippen LogP contribution is 2.35. The average molecular weight is 347 g/mol. The SMILES string of the molecule is O=C(NC[C@@H]1CC[C@H]2[C@@H]1OCCN2Cc1nccs1)c1ccco1. The maximum absolute atomic E-state index is 12.0. The minimum absolute atomic E-state index is 0.154. The third-order valence-electron chi connectivity index (χ3n) is 4.93. The predicted octanol–water partition coefficient (Wildman–Crippen LogP) is 2.15. The molecule has 1 amide bonds. The molecule has 0 aromatic carbocycles. The van der Waals surface area contributed by atoms with Gasteiger partial charge in [-0.2, -0.15) is 0 Å². The predicted molar refractivity (Wildman–Crippen MR) is 89.8 cm³/mol. The van der Waals surface area contributed by atoms with E-state index in [1.807, 2.05) is 11.6 Å². The van der Waals surface area contributed by atoms with Crippen molar-refractivity contribution < 1.29 is 13.9 Å². The molecule has 0 bridgehead atoms. The molecule has 1 saturated heterocycles. The molecule has 7 heteroatoms. The number of hydrogen-bond acceptors (Lipinski definition) is 6. The van der Waals surface area contributed by atoms with E-state index < -0.39 is 0 Å². The standard InChI is InChI=1S/C17H21N3O3S/c21-17(14-2-1-7-22-14)19-10-12-3-4-13-16(12)23-8-6-20(13)11-15-18-5-9-24-15/h1-2,5,7,9,12-13,16H,3-4,6,8,10-11H2,(H,19,21)/t12-,13-,16+/m0/s1. The summed E-state index contributed by atoms with van der Waals surface area (Å²) in [6.07, 6.45) is 5.75. The summed E-state index contributed by atoms with van der Waals surface area (Å²) in [5.74, 6) is 0.561. The van der Waals surface area contributed by atoms with Crippen molar-refractivity contribution in [2.24, 2.45) is 5.92 Å². The van der Waals surface area contributed by atoms with E-state index in [4.69, 9.17) is 9.15 Å². The molecule has 0 spiro atoms. The Morgan fingerprint density at radius 2 is 2.42 bits per heavy atom. The van der Waals surface area contributed by atoms with Crippen LogP contribution in [0.25, 0.3) is 0 Å². The van der Waals surface area contributed by atoms with Gasteiger partial charge in [0.1, 0.15) is 5.01 Å². The topological polar surface area (TPSA) is 67.6 Å². The maximum Gasteiger partial charge on any atom is 0.286 e. The van der Waals surface area contributed by atoms with E-state index in [1.54, 1.807) is 23.5 Å². The van der Waals surface area contributed by atoms with E-state index in [2.05, 4.69) is 15.2 Å². The second kappa shape index (κ2) is 7.04. The number of morpholine rings is 1. The normalized spacial score (nSPS) is 27.1. The van der Waals surface area contributed by atoms with Crippen molar-refractivity contribution in [3.8, 4) is 0 Å². The average Bonchev–Trinajstić information content (AvgIpc) is 3.34. The minimum atomic E-state index is -0.154. The molecule has 24 heavy (non-hydrogen) atoms. The lowest BCUT2D eigenvalue weighted by Crippen LogP contribution is -2.50. The molecule has 2 aliphatic rings. The van der Waals surface area contributed by atoms with E-state index in [0.717, 1.165) is 37.5 Å². The molecule has 0 unspecified atom stereocenters. The van der Waals surface area contributed by atoms with E-state index in [1.165, 1.54) is 6.26 Å². The van der Waals surface area contributed by atoms with E-state index in [0.29, 0.717) is 24.3 Å². The lowest BCUT2D eigenvalue weighted by Gasteiger charge is -2.38. The van der Waals surface area contributed by atoms with Gasteiger partial charge in [-0.25, -0.2) is 4.98 Å². The summed E-state index contributed by atoms with van der Waals surface area (Å²) in [6.45, 7) is 3.22. The summed E-state index contributed by atoms with van der Waals surface area (Å²) < 4.78 is 11.2. The van der Waals surface area contributed by atoms with Crippen molar-refractivity contribution in [1.82, 2.24) is 15.2 Å². The number of ether oxygens (including phenoxy) is 1. The van der Waals surface area contributed by atoms with Gasteiger partial charge < -0.3 is 14.5 Å². The number of amides is 1. The van der Waals surface area contributed by atoms with Gasteiger partial charge in [0.15, 0.2) is 5.76 Å². The summed E-state index contributed by atoms with van der Waals surface area (Å²) in [5, 5.41) is 6.16. The number of nitrogens with zero attached hydrogens (tertiary/aromatic N) is 2. The molecular formula is C17H21N3O3S. The smallest absolute Gasteiger partial charge is 0.286 e. The molecule has 0 radical (unpaired) electrons. The van der Waals surface area contributed by atoms with Crippen molar-refractivity contribution in [3.63, 3.8) is 0 Å². The Labute approximate surface area is 144 Å². The molecule has 3 atom stereocenters. The number of carbonyl (C=O) groups excluding carboxylic acids is 1. The Balaban J connectivity index is 1.35. The first-order valence-corrected chi connectivity index (χ1v) is 9.25. The summed E-state index contributed by atoms with van der Waals surface area (Å²) in [4.78, 5) is 18.9. The zero-order valence-corrected chi connectivity index (χ0v) is 14.2. The molecular weight excluding hydrogens is 326 g/mol. The van der Waals surface area contributed by atoms with Crippen LogP contribution in [0.15, 0.2) is 34.4 Å². The number of hydrogen-bond donors (Lipinski definition) is 1. The first kappa shape index (κ1) is 15.8. The van der Waals surface area contributed by atoms with Crippen LogP contribution >= 0.6 is 11.3 Å². The number of rotatable bonds is 5. The zero-order valence-electron chi connectivity index (χ0n) is 13.4. The van der Waals surface area contributed by atoms with E-state index in [9.17, 15) is 4.79 Å². The summed E-state index contributed by atoms with van der Waals surface area (Å²) >= 11 is 1.70. The van der Waals surface area contributed by atoms with E-state index in [-0.39, 0.29) is 12.0 Å². The van der Waals surface area contributed by atoms with Crippen LogP contribution in [-0.4, -0.2) is 47.6 Å². The van der Waals surface area contributed by atoms with Gasteiger partial charge in [0.05, 0.1) is 25.5 Å². The fourth-order valence-electron chi connectivity index (χ4n) is 3.77. The molecule has 6 nitrogen and oxygen atoms in total. The second-order valence-corrected chi connectivity index (χ2v) is 7.30. The van der Waals surface area contributed by atoms with Crippen molar-refractivity contribution in [2.45, 2.75) is 31.5 Å². The largest absolute Gasteiger partial charge is 0.459 e. The number of carbonyl (C=O) groups is 1. The van der Waals surface area contributed by atoms with Gasteiger partial charge in [0.25, 0.3) is 5.91 Å².